The van der Waals surface area contributed by atoms with E-state index in [0.717, 1.165) is 37.9 Å². The average Bonchev–Trinajstić information content (AvgIpc) is 3.15. The molecule has 0 spiro atoms. The zero-order valence-electron chi connectivity index (χ0n) is 32.8. The smallest absolute Gasteiger partial charge is 0.338 e. The van der Waals surface area contributed by atoms with Gasteiger partial charge in [-0.05, 0) is 37.1 Å². The molecule has 302 valence electrons. The van der Waals surface area contributed by atoms with Crippen molar-refractivity contribution in [3.8, 4) is 0 Å². The highest BCUT2D eigenvalue weighted by Gasteiger charge is 2.07. The van der Waals surface area contributed by atoms with Crippen molar-refractivity contribution in [3.63, 3.8) is 0 Å². The van der Waals surface area contributed by atoms with E-state index in [-0.39, 0.29) is 25.2 Å². The molecule has 52 heavy (non-hydrogen) atoms. The van der Waals surface area contributed by atoms with Crippen molar-refractivity contribution in [2.45, 2.75) is 117 Å². The second kappa shape index (κ2) is 38.4. The summed E-state index contributed by atoms with van der Waals surface area (Å²) in [5.74, 6) is -0.496. The van der Waals surface area contributed by atoms with E-state index in [1.54, 1.807) is 12.1 Å². The summed E-state index contributed by atoms with van der Waals surface area (Å²) in [6.07, 6.45) is 19.5. The summed E-state index contributed by atoms with van der Waals surface area (Å²) in [5, 5.41) is 3.32. The van der Waals surface area contributed by atoms with Crippen molar-refractivity contribution >= 4 is 17.6 Å². The van der Waals surface area contributed by atoms with Gasteiger partial charge in [0.2, 0.25) is 0 Å². The van der Waals surface area contributed by atoms with E-state index in [1.807, 2.05) is 12.1 Å². The van der Waals surface area contributed by atoms with Gasteiger partial charge in [-0.25, -0.2) is 4.79 Å². The van der Waals surface area contributed by atoms with Crippen LogP contribution in [0, 0.1) is 0 Å². The number of anilines is 1. The van der Waals surface area contributed by atoms with Crippen molar-refractivity contribution in [1.29, 1.82) is 0 Å². The first-order valence-corrected chi connectivity index (χ1v) is 20.3. The maximum atomic E-state index is 12.1. The summed E-state index contributed by atoms with van der Waals surface area (Å²) in [7, 11) is 0. The quantitative estimate of drug-likeness (QED) is 0.0518. The van der Waals surface area contributed by atoms with Gasteiger partial charge in [0.05, 0.1) is 84.8 Å². The van der Waals surface area contributed by atoms with E-state index >= 15 is 0 Å². The zero-order chi connectivity index (χ0) is 37.4. The average molecular weight is 740 g/mol. The number of rotatable bonds is 40. The first kappa shape index (κ1) is 47.7. The molecule has 0 radical (unpaired) electrons. The summed E-state index contributed by atoms with van der Waals surface area (Å²) >= 11 is 0. The molecule has 0 atom stereocenters. The predicted octanol–water partition coefficient (Wildman–Crippen LogP) is 8.18. The second-order valence-electron chi connectivity index (χ2n) is 12.9. The van der Waals surface area contributed by atoms with Gasteiger partial charge in [0.15, 0.2) is 0 Å². The van der Waals surface area contributed by atoms with Crippen molar-refractivity contribution < 1.29 is 47.5 Å². The fourth-order valence-corrected chi connectivity index (χ4v) is 5.19. The lowest BCUT2D eigenvalue weighted by Crippen LogP contribution is -2.15. The summed E-state index contributed by atoms with van der Waals surface area (Å²) in [6.45, 7) is 11.1. The molecular formula is C41H73NO10. The number of hydrogen-bond donors (Lipinski definition) is 1. The van der Waals surface area contributed by atoms with E-state index in [1.165, 1.54) is 70.6 Å². The fraction of sp³-hybridized carbons (Fsp3) is 0.805. The molecule has 1 N–H and O–H groups in total. The van der Waals surface area contributed by atoms with Gasteiger partial charge in [-0.1, -0.05) is 97.3 Å². The molecule has 0 unspecified atom stereocenters. The molecule has 1 aromatic rings. The Labute approximate surface area is 315 Å². The first-order valence-electron chi connectivity index (χ1n) is 20.3. The molecule has 0 saturated carbocycles. The van der Waals surface area contributed by atoms with E-state index < -0.39 is 0 Å². The highest BCUT2D eigenvalue weighted by Crippen LogP contribution is 2.13. The molecule has 1 aromatic carbocycles. The molecule has 11 nitrogen and oxygen atoms in total. The molecule has 1 rings (SSSR count). The molecular weight excluding hydrogens is 666 g/mol. The molecule has 0 saturated heterocycles. The Bertz CT molecular complexity index is 917. The summed E-state index contributed by atoms with van der Waals surface area (Å²) in [4.78, 5) is 24.0. The molecule has 0 aliphatic rings. The SMILES string of the molecule is CCCCCCCCCCCCCCCC(=O)OCCOCCOCCOCCOCCOCCOCCOC(=O)c1ccc(NCCCC)cc1. The molecule has 0 aliphatic heterocycles. The minimum Gasteiger partial charge on any atom is -0.463 e. The number of carbonyl (C=O) groups is 2. The molecule has 0 aromatic heterocycles. The Balaban J connectivity index is 1.72. The van der Waals surface area contributed by atoms with Crippen molar-refractivity contribution in [2.75, 3.05) is 104 Å². The Morgan fingerprint density at radius 1 is 0.442 bits per heavy atom. The van der Waals surface area contributed by atoms with Crippen molar-refractivity contribution in [2.24, 2.45) is 0 Å². The Morgan fingerprint density at radius 3 is 1.23 bits per heavy atom. The minimum absolute atomic E-state index is 0.136. The normalized spacial score (nSPS) is 11.2. The van der Waals surface area contributed by atoms with Crippen LogP contribution in [0.15, 0.2) is 24.3 Å². The van der Waals surface area contributed by atoms with Gasteiger partial charge in [0.25, 0.3) is 0 Å². The van der Waals surface area contributed by atoms with Crippen LogP contribution in [0.3, 0.4) is 0 Å². The summed E-state index contributed by atoms with van der Waals surface area (Å²) in [6, 6.07) is 7.30. The third-order valence-electron chi connectivity index (χ3n) is 8.28. The summed E-state index contributed by atoms with van der Waals surface area (Å²) in [5.41, 5.74) is 1.52. The summed E-state index contributed by atoms with van der Waals surface area (Å²) < 4.78 is 43.4. The van der Waals surface area contributed by atoms with Gasteiger partial charge in [0, 0.05) is 18.7 Å². The van der Waals surface area contributed by atoms with Crippen LogP contribution in [0.2, 0.25) is 0 Å². The van der Waals surface area contributed by atoms with E-state index in [0.29, 0.717) is 91.3 Å². The molecule has 0 bridgehead atoms. The van der Waals surface area contributed by atoms with Gasteiger partial charge in [0.1, 0.15) is 13.2 Å². The Kier molecular flexibility index (Phi) is 35.3. The van der Waals surface area contributed by atoms with Crippen LogP contribution in [-0.2, 0) is 42.7 Å². The maximum Gasteiger partial charge on any atom is 0.338 e. The van der Waals surface area contributed by atoms with Crippen LogP contribution < -0.4 is 5.32 Å². The van der Waals surface area contributed by atoms with Crippen LogP contribution >= 0.6 is 0 Å². The predicted molar refractivity (Wildman–Crippen MR) is 206 cm³/mol. The number of unbranched alkanes of at least 4 members (excludes halogenated alkanes) is 13. The van der Waals surface area contributed by atoms with Crippen LogP contribution in [0.25, 0.3) is 0 Å². The number of nitrogens with one attached hydrogen (secondary N) is 1. The van der Waals surface area contributed by atoms with Crippen LogP contribution in [0.1, 0.15) is 127 Å². The monoisotopic (exact) mass is 740 g/mol. The van der Waals surface area contributed by atoms with Gasteiger partial charge in [-0.2, -0.15) is 0 Å². The first-order chi connectivity index (χ1) is 25.7. The van der Waals surface area contributed by atoms with Crippen LogP contribution in [0.4, 0.5) is 5.69 Å². The maximum absolute atomic E-state index is 12.1. The molecule has 0 aliphatic carbocycles. The standard InChI is InChI=1S/C41H73NO10/c1-3-5-7-8-9-10-11-12-13-14-15-16-17-18-40(43)51-36-34-49-32-30-47-28-26-45-24-25-46-27-29-48-31-33-50-35-37-52-41(44)38-19-21-39(22-20-38)42-23-6-4-2/h19-22,42H,3-18,23-37H2,1-2H3. The van der Waals surface area contributed by atoms with Crippen molar-refractivity contribution in [3.05, 3.63) is 29.8 Å². The highest BCUT2D eigenvalue weighted by molar-refractivity contribution is 5.89. The molecule has 0 heterocycles. The Morgan fingerprint density at radius 2 is 0.808 bits per heavy atom. The van der Waals surface area contributed by atoms with Gasteiger partial charge < -0.3 is 43.2 Å². The number of benzene rings is 1. The van der Waals surface area contributed by atoms with Gasteiger partial charge in [-0.15, -0.1) is 0 Å². The Hall–Kier alpha value is -2.28. The van der Waals surface area contributed by atoms with Crippen molar-refractivity contribution in [1.82, 2.24) is 0 Å². The van der Waals surface area contributed by atoms with Gasteiger partial charge in [-0.3, -0.25) is 4.79 Å². The van der Waals surface area contributed by atoms with Crippen LogP contribution in [0.5, 0.6) is 0 Å². The van der Waals surface area contributed by atoms with E-state index in [4.69, 9.17) is 37.9 Å². The largest absolute Gasteiger partial charge is 0.463 e. The minimum atomic E-state index is -0.360. The third kappa shape index (κ3) is 32.4. The lowest BCUT2D eigenvalue weighted by atomic mass is 10.0. The molecule has 11 heteroatoms. The third-order valence-corrected chi connectivity index (χ3v) is 8.28. The van der Waals surface area contributed by atoms with Crippen LogP contribution in [-0.4, -0.2) is 111 Å². The second-order valence-corrected chi connectivity index (χ2v) is 12.9. The lowest BCUT2D eigenvalue weighted by Gasteiger charge is -2.09. The molecule has 0 amide bonds. The van der Waals surface area contributed by atoms with E-state index in [9.17, 15) is 9.59 Å². The lowest BCUT2D eigenvalue weighted by molar-refractivity contribution is -0.145. The number of ether oxygens (including phenoxy) is 8. The topological polar surface area (TPSA) is 120 Å². The van der Waals surface area contributed by atoms with Gasteiger partial charge >= 0.3 is 11.9 Å². The number of carbonyl (C=O) groups excluding carboxylic acids is 2. The van der Waals surface area contributed by atoms with E-state index in [2.05, 4.69) is 19.2 Å². The number of esters is 2. The number of hydrogen-bond acceptors (Lipinski definition) is 11. The zero-order valence-corrected chi connectivity index (χ0v) is 32.8. The highest BCUT2D eigenvalue weighted by atomic mass is 16.6. The fourth-order valence-electron chi connectivity index (χ4n) is 5.19. The molecule has 0 fully saturated rings.